The summed E-state index contributed by atoms with van der Waals surface area (Å²) in [6.07, 6.45) is 2.90. The van der Waals surface area contributed by atoms with Crippen LogP contribution in [0.5, 0.6) is 0 Å². The van der Waals surface area contributed by atoms with E-state index in [4.69, 9.17) is 9.68 Å². The van der Waals surface area contributed by atoms with Crippen molar-refractivity contribution in [3.63, 3.8) is 0 Å². The zero-order chi connectivity index (χ0) is 13.7. The Kier molecular flexibility index (Phi) is 3.79. The van der Waals surface area contributed by atoms with Gasteiger partial charge in [-0.15, -0.1) is 0 Å². The molecule has 2 rings (SSSR count). The number of hydrogen-bond donors (Lipinski definition) is 1. The van der Waals surface area contributed by atoms with Gasteiger partial charge in [0.2, 0.25) is 0 Å². The fourth-order valence-electron chi connectivity index (χ4n) is 1.57. The van der Waals surface area contributed by atoms with Crippen LogP contribution in [0.2, 0.25) is 0 Å². The van der Waals surface area contributed by atoms with Gasteiger partial charge in [-0.1, -0.05) is 18.2 Å². The van der Waals surface area contributed by atoms with Crippen molar-refractivity contribution in [2.75, 3.05) is 5.32 Å². The molecular weight excluding hydrogens is 240 g/mol. The third-order valence-electron chi connectivity index (χ3n) is 2.59. The maximum absolute atomic E-state index is 12.0. The third-order valence-corrected chi connectivity index (χ3v) is 2.59. The molecule has 0 aliphatic heterocycles. The van der Waals surface area contributed by atoms with Crippen LogP contribution in [0, 0.1) is 18.3 Å². The molecule has 0 fully saturated rings. The molecule has 4 nitrogen and oxygen atoms in total. The molecule has 1 heterocycles. The molecular formula is C15H12N2O2. The lowest BCUT2D eigenvalue weighted by molar-refractivity contribution is -0.112. The first-order chi connectivity index (χ1) is 9.20. The zero-order valence-corrected chi connectivity index (χ0v) is 10.4. The number of benzene rings is 1. The molecule has 4 heteroatoms. The van der Waals surface area contributed by atoms with E-state index in [0.29, 0.717) is 11.4 Å². The molecule has 1 aromatic carbocycles. The molecule has 0 unspecified atom stereocenters. The van der Waals surface area contributed by atoms with Crippen molar-refractivity contribution in [3.05, 3.63) is 59.6 Å². The van der Waals surface area contributed by atoms with Crippen molar-refractivity contribution in [1.29, 1.82) is 5.26 Å². The average Bonchev–Trinajstić information content (AvgIpc) is 2.91. The molecule has 0 bridgehead atoms. The number of anilines is 1. The van der Waals surface area contributed by atoms with Crippen molar-refractivity contribution < 1.29 is 9.21 Å². The van der Waals surface area contributed by atoms with Crippen LogP contribution in [0.4, 0.5) is 5.69 Å². The van der Waals surface area contributed by atoms with E-state index in [0.717, 1.165) is 5.56 Å². The van der Waals surface area contributed by atoms with E-state index in [1.165, 1.54) is 12.3 Å². The van der Waals surface area contributed by atoms with Crippen molar-refractivity contribution in [2.45, 2.75) is 6.92 Å². The smallest absolute Gasteiger partial charge is 0.266 e. The third kappa shape index (κ3) is 3.11. The summed E-state index contributed by atoms with van der Waals surface area (Å²) in [7, 11) is 0. The number of rotatable bonds is 3. The number of amides is 1. The van der Waals surface area contributed by atoms with Crippen LogP contribution in [0.15, 0.2) is 52.7 Å². The molecule has 94 valence electrons. The lowest BCUT2D eigenvalue weighted by atomic mass is 10.2. The van der Waals surface area contributed by atoms with Crippen LogP contribution in [-0.4, -0.2) is 5.91 Å². The Bertz CT molecular complexity index is 649. The number of carbonyl (C=O) groups excluding carboxylic acids is 1. The highest BCUT2D eigenvalue weighted by molar-refractivity contribution is 6.09. The van der Waals surface area contributed by atoms with Crippen LogP contribution in [0.25, 0.3) is 6.08 Å². The van der Waals surface area contributed by atoms with E-state index in [-0.39, 0.29) is 5.57 Å². The second kappa shape index (κ2) is 5.69. The highest BCUT2D eigenvalue weighted by Gasteiger charge is 2.11. The van der Waals surface area contributed by atoms with Gasteiger partial charge in [-0.2, -0.15) is 5.26 Å². The van der Waals surface area contributed by atoms with Gasteiger partial charge in [-0.25, -0.2) is 0 Å². The number of hydrogen-bond acceptors (Lipinski definition) is 3. The second-order valence-electron chi connectivity index (χ2n) is 3.95. The Hall–Kier alpha value is -2.80. The van der Waals surface area contributed by atoms with Crippen LogP contribution < -0.4 is 5.32 Å². The van der Waals surface area contributed by atoms with E-state index in [2.05, 4.69) is 5.32 Å². The van der Waals surface area contributed by atoms with Crippen LogP contribution in [-0.2, 0) is 4.79 Å². The Balaban J connectivity index is 2.19. The fraction of sp³-hybridized carbons (Fsp3) is 0.0667. The number of para-hydroxylation sites is 1. The van der Waals surface area contributed by atoms with Gasteiger partial charge in [0.15, 0.2) is 0 Å². The molecule has 1 aromatic heterocycles. The van der Waals surface area contributed by atoms with Crippen molar-refractivity contribution in [2.24, 2.45) is 0 Å². The summed E-state index contributed by atoms with van der Waals surface area (Å²) in [5, 5.41) is 11.7. The predicted octanol–water partition coefficient (Wildman–Crippen LogP) is 3.13. The average molecular weight is 252 g/mol. The van der Waals surface area contributed by atoms with Gasteiger partial charge in [-0.3, -0.25) is 4.79 Å². The summed E-state index contributed by atoms with van der Waals surface area (Å²) in [6.45, 7) is 1.89. The molecule has 0 spiro atoms. The molecule has 0 aliphatic rings. The zero-order valence-electron chi connectivity index (χ0n) is 10.4. The SMILES string of the molecule is Cc1ccccc1NC(=O)C(C#N)=Cc1ccco1. The molecule has 2 aromatic rings. The molecule has 0 aliphatic carbocycles. The maximum Gasteiger partial charge on any atom is 0.266 e. The van der Waals surface area contributed by atoms with Crippen molar-refractivity contribution in [1.82, 2.24) is 0 Å². The highest BCUT2D eigenvalue weighted by Crippen LogP contribution is 2.15. The quantitative estimate of drug-likeness (QED) is 0.674. The van der Waals surface area contributed by atoms with Crippen LogP contribution >= 0.6 is 0 Å². The monoisotopic (exact) mass is 252 g/mol. The number of nitrogens with zero attached hydrogens (tertiary/aromatic N) is 1. The van der Waals surface area contributed by atoms with Crippen molar-refractivity contribution >= 4 is 17.7 Å². The molecule has 0 saturated heterocycles. The van der Waals surface area contributed by atoms with Gasteiger partial charge in [0.05, 0.1) is 6.26 Å². The van der Waals surface area contributed by atoms with E-state index in [9.17, 15) is 4.79 Å². The van der Waals surface area contributed by atoms with E-state index >= 15 is 0 Å². The first-order valence-electron chi connectivity index (χ1n) is 5.73. The summed E-state index contributed by atoms with van der Waals surface area (Å²) in [4.78, 5) is 12.0. The van der Waals surface area contributed by atoms with Gasteiger partial charge in [0.25, 0.3) is 5.91 Å². The molecule has 0 radical (unpaired) electrons. The first-order valence-corrected chi connectivity index (χ1v) is 5.73. The summed E-state index contributed by atoms with van der Waals surface area (Å²) in [6, 6.07) is 12.6. The lowest BCUT2D eigenvalue weighted by Gasteiger charge is -2.06. The second-order valence-corrected chi connectivity index (χ2v) is 3.95. The molecule has 1 amide bonds. The highest BCUT2D eigenvalue weighted by atomic mass is 16.3. The number of nitriles is 1. The summed E-state index contributed by atoms with van der Waals surface area (Å²) >= 11 is 0. The molecule has 0 atom stereocenters. The van der Waals surface area contributed by atoms with E-state index < -0.39 is 5.91 Å². The maximum atomic E-state index is 12.0. The molecule has 0 saturated carbocycles. The first kappa shape index (κ1) is 12.7. The minimum absolute atomic E-state index is 0.00166. The normalized spacial score (nSPS) is 10.8. The van der Waals surface area contributed by atoms with Gasteiger partial charge in [0.1, 0.15) is 17.4 Å². The van der Waals surface area contributed by atoms with Gasteiger partial charge >= 0.3 is 0 Å². The summed E-state index contributed by atoms with van der Waals surface area (Å²) in [5.74, 6) is 0.0182. The van der Waals surface area contributed by atoms with Gasteiger partial charge in [0, 0.05) is 11.8 Å². The van der Waals surface area contributed by atoms with Gasteiger partial charge in [-0.05, 0) is 30.7 Å². The molecule has 19 heavy (non-hydrogen) atoms. The molecule has 1 N–H and O–H groups in total. The van der Waals surface area contributed by atoms with Gasteiger partial charge < -0.3 is 9.73 Å². The number of carbonyl (C=O) groups is 1. The summed E-state index contributed by atoms with van der Waals surface area (Å²) < 4.78 is 5.08. The Morgan fingerprint density at radius 3 is 2.74 bits per heavy atom. The van der Waals surface area contributed by atoms with E-state index in [1.54, 1.807) is 18.2 Å². The van der Waals surface area contributed by atoms with Crippen LogP contribution in [0.1, 0.15) is 11.3 Å². The van der Waals surface area contributed by atoms with Crippen LogP contribution in [0.3, 0.4) is 0 Å². The Labute approximate surface area is 111 Å². The Morgan fingerprint density at radius 1 is 1.32 bits per heavy atom. The predicted molar refractivity (Wildman–Crippen MR) is 72.1 cm³/mol. The fourth-order valence-corrected chi connectivity index (χ4v) is 1.57. The summed E-state index contributed by atoms with van der Waals surface area (Å²) in [5.41, 5.74) is 1.62. The van der Waals surface area contributed by atoms with E-state index in [1.807, 2.05) is 31.2 Å². The minimum Gasteiger partial charge on any atom is -0.465 e. The number of furan rings is 1. The lowest BCUT2D eigenvalue weighted by Crippen LogP contribution is -2.14. The number of aryl methyl sites for hydroxylation is 1. The number of nitrogens with one attached hydrogen (secondary N) is 1. The van der Waals surface area contributed by atoms with Crippen molar-refractivity contribution in [3.8, 4) is 6.07 Å². The topological polar surface area (TPSA) is 66.0 Å². The Morgan fingerprint density at radius 2 is 2.11 bits per heavy atom. The standard InChI is InChI=1S/C15H12N2O2/c1-11-5-2-3-7-14(11)17-15(18)12(10-16)9-13-6-4-8-19-13/h2-9H,1H3,(H,17,18). The minimum atomic E-state index is -0.451. The largest absolute Gasteiger partial charge is 0.465 e.